The second-order valence-electron chi connectivity index (χ2n) is 4.50. The summed E-state index contributed by atoms with van der Waals surface area (Å²) in [5, 5.41) is 4.55. The predicted octanol–water partition coefficient (Wildman–Crippen LogP) is 3.37. The molecule has 1 heterocycles. The van der Waals surface area contributed by atoms with Crippen molar-refractivity contribution in [2.75, 3.05) is 17.1 Å². The zero-order valence-corrected chi connectivity index (χ0v) is 10.2. The lowest BCUT2D eigenvalue weighted by molar-refractivity contribution is 0.839. The summed E-state index contributed by atoms with van der Waals surface area (Å²) >= 11 is 0. The number of hydrogen-bond donors (Lipinski definition) is 0. The van der Waals surface area contributed by atoms with E-state index in [0.29, 0.717) is 0 Å². The number of aryl methyl sites for hydroxylation is 1. The summed E-state index contributed by atoms with van der Waals surface area (Å²) < 4.78 is 0. The molecule has 0 bridgehead atoms. The molecule has 0 unspecified atom stereocenters. The Morgan fingerprint density at radius 1 is 0.882 bits per heavy atom. The third kappa shape index (κ3) is 1.57. The van der Waals surface area contributed by atoms with Crippen LogP contribution in [0.2, 0.25) is 0 Å². The summed E-state index contributed by atoms with van der Waals surface area (Å²) in [6.07, 6.45) is 0. The van der Waals surface area contributed by atoms with Gasteiger partial charge in [-0.2, -0.15) is 0 Å². The van der Waals surface area contributed by atoms with E-state index >= 15 is 0 Å². The molecule has 0 aromatic heterocycles. The van der Waals surface area contributed by atoms with Gasteiger partial charge in [-0.05, 0) is 30.2 Å². The van der Waals surface area contributed by atoms with E-state index in [4.69, 9.17) is 0 Å². The Morgan fingerprint density at radius 2 is 1.53 bits per heavy atom. The van der Waals surface area contributed by atoms with E-state index in [1.165, 1.54) is 22.5 Å². The third-order valence-electron chi connectivity index (χ3n) is 3.42. The fraction of sp³-hybridized carbons (Fsp3) is 0.200. The molecule has 0 amide bonds. The normalized spacial score (nSPS) is 14.0. The van der Waals surface area contributed by atoms with E-state index in [9.17, 15) is 0 Å². The first-order valence-electron chi connectivity index (χ1n) is 5.92. The van der Waals surface area contributed by atoms with E-state index in [1.807, 2.05) is 0 Å². The van der Waals surface area contributed by atoms with Crippen LogP contribution in [-0.2, 0) is 6.54 Å². The summed E-state index contributed by atoms with van der Waals surface area (Å²) in [4.78, 5) is 0. The molecule has 1 aliphatic rings. The van der Waals surface area contributed by atoms with Crippen LogP contribution in [0.4, 0.5) is 11.4 Å². The van der Waals surface area contributed by atoms with Gasteiger partial charge < -0.3 is 0 Å². The van der Waals surface area contributed by atoms with Gasteiger partial charge in [0, 0.05) is 7.05 Å². The van der Waals surface area contributed by atoms with Gasteiger partial charge in [-0.1, -0.05) is 36.4 Å². The topological polar surface area (TPSA) is 6.48 Å². The summed E-state index contributed by atoms with van der Waals surface area (Å²) in [5.41, 5.74) is 5.28. The number of hydrogen-bond acceptors (Lipinski definition) is 2. The minimum absolute atomic E-state index is 0.956. The zero-order chi connectivity index (χ0) is 11.8. The molecule has 0 aliphatic carbocycles. The summed E-state index contributed by atoms with van der Waals surface area (Å²) in [5.74, 6) is 0. The quantitative estimate of drug-likeness (QED) is 0.732. The van der Waals surface area contributed by atoms with Gasteiger partial charge in [0.2, 0.25) is 0 Å². The maximum Gasteiger partial charge on any atom is 0.0667 e. The van der Waals surface area contributed by atoms with Crippen LogP contribution < -0.4 is 10.0 Å². The van der Waals surface area contributed by atoms with Crippen LogP contribution in [0.1, 0.15) is 11.1 Å². The molecule has 2 nitrogen and oxygen atoms in total. The summed E-state index contributed by atoms with van der Waals surface area (Å²) in [6, 6.07) is 17.1. The monoisotopic (exact) mass is 224 g/mol. The average Bonchev–Trinajstić information content (AvgIpc) is 2.68. The van der Waals surface area contributed by atoms with Crippen molar-refractivity contribution in [3.05, 3.63) is 59.7 Å². The van der Waals surface area contributed by atoms with Gasteiger partial charge in [-0.25, -0.2) is 0 Å². The molecule has 0 saturated heterocycles. The first-order chi connectivity index (χ1) is 8.27. The number of rotatable bonds is 1. The first kappa shape index (κ1) is 10.2. The van der Waals surface area contributed by atoms with Gasteiger partial charge in [0.1, 0.15) is 0 Å². The Balaban J connectivity index is 2.02. The highest BCUT2D eigenvalue weighted by Crippen LogP contribution is 2.34. The number of para-hydroxylation sites is 2. The minimum atomic E-state index is 0.956. The molecule has 86 valence electrons. The second kappa shape index (κ2) is 3.81. The molecular weight excluding hydrogens is 208 g/mol. The molecule has 2 aromatic rings. The predicted molar refractivity (Wildman–Crippen MR) is 72.2 cm³/mol. The van der Waals surface area contributed by atoms with Crippen LogP contribution in [0, 0.1) is 6.92 Å². The van der Waals surface area contributed by atoms with Gasteiger partial charge in [0.15, 0.2) is 0 Å². The molecule has 0 radical (unpaired) electrons. The van der Waals surface area contributed by atoms with E-state index in [2.05, 4.69) is 72.5 Å². The molecule has 0 spiro atoms. The van der Waals surface area contributed by atoms with Crippen molar-refractivity contribution in [2.24, 2.45) is 0 Å². The molecule has 2 aromatic carbocycles. The molecule has 0 saturated carbocycles. The Bertz CT molecular complexity index is 548. The SMILES string of the molecule is Cc1ccccc1N1Cc2ccccc2N1C. The van der Waals surface area contributed by atoms with Crippen LogP contribution in [0.3, 0.4) is 0 Å². The van der Waals surface area contributed by atoms with Gasteiger partial charge in [-0.3, -0.25) is 10.0 Å². The number of anilines is 2. The van der Waals surface area contributed by atoms with E-state index < -0.39 is 0 Å². The van der Waals surface area contributed by atoms with Crippen LogP contribution in [0.25, 0.3) is 0 Å². The van der Waals surface area contributed by atoms with Crippen molar-refractivity contribution >= 4 is 11.4 Å². The molecule has 2 heteroatoms. The maximum atomic E-state index is 2.32. The van der Waals surface area contributed by atoms with Crippen LogP contribution >= 0.6 is 0 Å². The lowest BCUT2D eigenvalue weighted by Crippen LogP contribution is -2.34. The highest BCUT2D eigenvalue weighted by molar-refractivity contribution is 5.68. The highest BCUT2D eigenvalue weighted by atomic mass is 15.6. The van der Waals surface area contributed by atoms with Crippen LogP contribution in [-0.4, -0.2) is 7.05 Å². The van der Waals surface area contributed by atoms with Crippen molar-refractivity contribution in [1.29, 1.82) is 0 Å². The largest absolute Gasteiger partial charge is 0.288 e. The lowest BCUT2D eigenvalue weighted by Gasteiger charge is -2.29. The van der Waals surface area contributed by atoms with Gasteiger partial charge in [0.05, 0.1) is 17.9 Å². The Hall–Kier alpha value is -1.96. The van der Waals surface area contributed by atoms with Crippen molar-refractivity contribution in [3.8, 4) is 0 Å². The van der Waals surface area contributed by atoms with Gasteiger partial charge >= 0.3 is 0 Å². The average molecular weight is 224 g/mol. The Labute approximate surface area is 102 Å². The lowest BCUT2D eigenvalue weighted by atomic mass is 10.2. The number of nitrogens with zero attached hydrogens (tertiary/aromatic N) is 2. The number of benzene rings is 2. The van der Waals surface area contributed by atoms with Crippen LogP contribution in [0.5, 0.6) is 0 Å². The zero-order valence-electron chi connectivity index (χ0n) is 10.2. The highest BCUT2D eigenvalue weighted by Gasteiger charge is 2.24. The minimum Gasteiger partial charge on any atom is -0.288 e. The molecule has 0 fully saturated rings. The first-order valence-corrected chi connectivity index (χ1v) is 5.92. The molecule has 17 heavy (non-hydrogen) atoms. The fourth-order valence-electron chi connectivity index (χ4n) is 2.46. The molecular formula is C15H16N2. The molecule has 0 atom stereocenters. The van der Waals surface area contributed by atoms with Crippen molar-refractivity contribution in [1.82, 2.24) is 0 Å². The smallest absolute Gasteiger partial charge is 0.0667 e. The fourth-order valence-corrected chi connectivity index (χ4v) is 2.46. The van der Waals surface area contributed by atoms with Crippen molar-refractivity contribution < 1.29 is 0 Å². The Kier molecular flexibility index (Phi) is 2.29. The van der Waals surface area contributed by atoms with Crippen molar-refractivity contribution in [2.45, 2.75) is 13.5 Å². The molecule has 3 rings (SSSR count). The van der Waals surface area contributed by atoms with Crippen LogP contribution in [0.15, 0.2) is 48.5 Å². The van der Waals surface area contributed by atoms with Crippen molar-refractivity contribution in [3.63, 3.8) is 0 Å². The van der Waals surface area contributed by atoms with E-state index in [1.54, 1.807) is 0 Å². The third-order valence-corrected chi connectivity index (χ3v) is 3.42. The number of fused-ring (bicyclic) bond motifs is 1. The summed E-state index contributed by atoms with van der Waals surface area (Å²) in [6.45, 7) is 3.11. The summed E-state index contributed by atoms with van der Waals surface area (Å²) in [7, 11) is 2.12. The standard InChI is InChI=1S/C15H16N2/c1-12-7-3-5-9-14(12)17-11-13-8-4-6-10-15(13)16(17)2/h3-10H,11H2,1-2H3. The Morgan fingerprint density at radius 3 is 2.24 bits per heavy atom. The molecule has 1 aliphatic heterocycles. The second-order valence-corrected chi connectivity index (χ2v) is 4.50. The maximum absolute atomic E-state index is 2.32. The molecule has 0 N–H and O–H groups in total. The number of hydrazine groups is 1. The van der Waals surface area contributed by atoms with E-state index in [-0.39, 0.29) is 0 Å². The van der Waals surface area contributed by atoms with Gasteiger partial charge in [-0.15, -0.1) is 0 Å². The van der Waals surface area contributed by atoms with E-state index in [0.717, 1.165) is 6.54 Å². The van der Waals surface area contributed by atoms with Gasteiger partial charge in [0.25, 0.3) is 0 Å².